The lowest BCUT2D eigenvalue weighted by Crippen LogP contribution is -2.27. The molecule has 0 radical (unpaired) electrons. The first-order valence-corrected chi connectivity index (χ1v) is 10.9. The zero-order valence-corrected chi connectivity index (χ0v) is 18.4. The van der Waals surface area contributed by atoms with Crippen LogP contribution in [0.3, 0.4) is 0 Å². The van der Waals surface area contributed by atoms with Crippen molar-refractivity contribution in [3.05, 3.63) is 76.3 Å². The van der Waals surface area contributed by atoms with E-state index in [1.807, 2.05) is 49.1 Å². The van der Waals surface area contributed by atoms with Crippen molar-refractivity contribution in [2.45, 2.75) is 39.2 Å². The second-order valence-electron chi connectivity index (χ2n) is 9.04. The number of amides is 2. The van der Waals surface area contributed by atoms with Crippen LogP contribution in [-0.2, 0) is 9.53 Å². The quantitative estimate of drug-likeness (QED) is 0.685. The summed E-state index contributed by atoms with van der Waals surface area (Å²) in [5.41, 5.74) is 3.69. The van der Waals surface area contributed by atoms with Gasteiger partial charge in [0.05, 0.1) is 5.57 Å². The summed E-state index contributed by atoms with van der Waals surface area (Å²) in [6, 6.07) is 10.4. The summed E-state index contributed by atoms with van der Waals surface area (Å²) in [4.78, 5) is 27.3. The van der Waals surface area contributed by atoms with Gasteiger partial charge in [0.1, 0.15) is 17.2 Å². The number of rotatable bonds is 2. The third-order valence-corrected chi connectivity index (χ3v) is 6.50. The standard InChI is InChI=1S/C26H25FN2O3/c1-15-19(27)10-11-20-22(15)23(24(30)28-20)21-14-18(26(2,3)32-21)16-6-8-17(9-7-16)25(31)29-12-4-5-13-29/h6-11,14H,4-5,12-13H2,1-3H3,(H,28,30)/b23-21+. The normalized spacial score (nSPS) is 21.3. The number of nitrogens with zero attached hydrogens (tertiary/aromatic N) is 1. The maximum Gasteiger partial charge on any atom is 0.260 e. The van der Waals surface area contributed by atoms with Gasteiger partial charge in [0.2, 0.25) is 0 Å². The van der Waals surface area contributed by atoms with Gasteiger partial charge in [-0.3, -0.25) is 9.59 Å². The van der Waals surface area contributed by atoms with E-state index >= 15 is 0 Å². The molecule has 0 aliphatic carbocycles. The molecular weight excluding hydrogens is 407 g/mol. The third kappa shape index (κ3) is 3.22. The number of hydrogen-bond donors (Lipinski definition) is 1. The van der Waals surface area contributed by atoms with Crippen molar-refractivity contribution in [2.75, 3.05) is 18.4 Å². The molecule has 0 spiro atoms. The van der Waals surface area contributed by atoms with E-state index in [0.29, 0.717) is 33.7 Å². The SMILES string of the molecule is Cc1c(F)ccc2c1/C(=C1/C=C(c3ccc(C(=O)N4CCCC4)cc3)C(C)(C)O1)C(=O)N2. The maximum absolute atomic E-state index is 14.2. The zero-order valence-electron chi connectivity index (χ0n) is 18.4. The number of halogens is 1. The van der Waals surface area contributed by atoms with Crippen molar-refractivity contribution in [3.63, 3.8) is 0 Å². The summed E-state index contributed by atoms with van der Waals surface area (Å²) in [6.45, 7) is 7.15. The predicted molar refractivity (Wildman–Crippen MR) is 121 cm³/mol. The number of fused-ring (bicyclic) bond motifs is 1. The molecule has 32 heavy (non-hydrogen) atoms. The number of carbonyl (C=O) groups is 2. The minimum Gasteiger partial charge on any atom is -0.482 e. The van der Waals surface area contributed by atoms with Gasteiger partial charge in [0.25, 0.3) is 11.8 Å². The topological polar surface area (TPSA) is 58.6 Å². The fourth-order valence-electron chi connectivity index (χ4n) is 4.76. The van der Waals surface area contributed by atoms with Crippen molar-refractivity contribution < 1.29 is 18.7 Å². The van der Waals surface area contributed by atoms with Gasteiger partial charge in [-0.25, -0.2) is 4.39 Å². The molecule has 5 nitrogen and oxygen atoms in total. The molecule has 164 valence electrons. The van der Waals surface area contributed by atoms with Crippen LogP contribution in [0.1, 0.15) is 53.7 Å². The van der Waals surface area contributed by atoms with E-state index in [1.54, 1.807) is 13.0 Å². The molecule has 6 heteroatoms. The van der Waals surface area contributed by atoms with Crippen molar-refractivity contribution in [2.24, 2.45) is 0 Å². The number of ether oxygens (including phenoxy) is 1. The highest BCUT2D eigenvalue weighted by Gasteiger charge is 2.38. The molecule has 3 aliphatic rings. The second kappa shape index (κ2) is 7.33. The van der Waals surface area contributed by atoms with Crippen LogP contribution in [0.4, 0.5) is 10.1 Å². The van der Waals surface area contributed by atoms with Crippen LogP contribution in [0, 0.1) is 12.7 Å². The molecule has 2 aromatic carbocycles. The van der Waals surface area contributed by atoms with Crippen molar-refractivity contribution >= 4 is 28.6 Å². The number of allylic oxidation sites excluding steroid dienone is 1. The first-order chi connectivity index (χ1) is 15.3. The van der Waals surface area contributed by atoms with Crippen LogP contribution in [0.5, 0.6) is 0 Å². The fraction of sp³-hybridized carbons (Fsp3) is 0.308. The predicted octanol–water partition coefficient (Wildman–Crippen LogP) is 4.93. The fourth-order valence-corrected chi connectivity index (χ4v) is 4.76. The van der Waals surface area contributed by atoms with E-state index in [1.165, 1.54) is 6.07 Å². The number of benzene rings is 2. The minimum atomic E-state index is -0.687. The average molecular weight is 432 g/mol. The van der Waals surface area contributed by atoms with Crippen LogP contribution in [0.25, 0.3) is 11.1 Å². The van der Waals surface area contributed by atoms with Gasteiger partial charge in [0.15, 0.2) is 0 Å². The molecule has 1 fully saturated rings. The van der Waals surface area contributed by atoms with E-state index in [9.17, 15) is 14.0 Å². The summed E-state index contributed by atoms with van der Waals surface area (Å²) < 4.78 is 20.4. The van der Waals surface area contributed by atoms with Crippen molar-refractivity contribution in [1.29, 1.82) is 0 Å². The molecule has 3 aliphatic heterocycles. The van der Waals surface area contributed by atoms with Crippen LogP contribution in [0.2, 0.25) is 0 Å². The molecule has 2 aromatic rings. The number of hydrogen-bond acceptors (Lipinski definition) is 3. The summed E-state index contributed by atoms with van der Waals surface area (Å²) in [7, 11) is 0. The monoisotopic (exact) mass is 432 g/mol. The van der Waals surface area contributed by atoms with Crippen molar-refractivity contribution in [1.82, 2.24) is 4.90 Å². The molecule has 3 heterocycles. The highest BCUT2D eigenvalue weighted by Crippen LogP contribution is 2.45. The number of likely N-dealkylation sites (tertiary alicyclic amines) is 1. The van der Waals surface area contributed by atoms with Gasteiger partial charge < -0.3 is 15.0 Å². The average Bonchev–Trinajstić information content (AvgIpc) is 3.48. The Morgan fingerprint density at radius 3 is 2.47 bits per heavy atom. The van der Waals surface area contributed by atoms with Gasteiger partial charge in [0, 0.05) is 35.5 Å². The van der Waals surface area contributed by atoms with Crippen LogP contribution >= 0.6 is 0 Å². The Hall–Kier alpha value is -3.41. The van der Waals surface area contributed by atoms with E-state index in [0.717, 1.165) is 37.1 Å². The summed E-state index contributed by atoms with van der Waals surface area (Å²) in [5.74, 6) is -0.182. The highest BCUT2D eigenvalue weighted by molar-refractivity contribution is 6.33. The number of nitrogens with one attached hydrogen (secondary N) is 1. The van der Waals surface area contributed by atoms with Crippen LogP contribution in [0.15, 0.2) is 48.2 Å². The lowest BCUT2D eigenvalue weighted by atomic mass is 9.91. The third-order valence-electron chi connectivity index (χ3n) is 6.50. The Balaban J connectivity index is 1.53. The van der Waals surface area contributed by atoms with Gasteiger partial charge >= 0.3 is 0 Å². The molecule has 0 saturated carbocycles. The number of anilines is 1. The van der Waals surface area contributed by atoms with E-state index in [2.05, 4.69) is 5.32 Å². The van der Waals surface area contributed by atoms with E-state index < -0.39 is 5.60 Å². The second-order valence-corrected chi connectivity index (χ2v) is 9.04. The van der Waals surface area contributed by atoms with Gasteiger partial charge in [-0.05, 0) is 75.1 Å². The zero-order chi connectivity index (χ0) is 22.6. The molecule has 1 saturated heterocycles. The van der Waals surface area contributed by atoms with Gasteiger partial charge in [-0.15, -0.1) is 0 Å². The Labute approximate surface area is 186 Å². The Morgan fingerprint density at radius 1 is 1.09 bits per heavy atom. The van der Waals surface area contributed by atoms with Gasteiger partial charge in [-0.1, -0.05) is 12.1 Å². The summed E-state index contributed by atoms with van der Waals surface area (Å²) in [5, 5.41) is 2.81. The lowest BCUT2D eigenvalue weighted by Gasteiger charge is -2.24. The smallest absolute Gasteiger partial charge is 0.260 e. The summed E-state index contributed by atoms with van der Waals surface area (Å²) in [6.07, 6.45) is 3.96. The molecule has 0 atom stereocenters. The number of carbonyl (C=O) groups excluding carboxylic acids is 2. The Bertz CT molecular complexity index is 1200. The molecule has 1 N–H and O–H groups in total. The Morgan fingerprint density at radius 2 is 1.78 bits per heavy atom. The van der Waals surface area contributed by atoms with Crippen molar-refractivity contribution in [3.8, 4) is 0 Å². The van der Waals surface area contributed by atoms with E-state index in [4.69, 9.17) is 4.74 Å². The lowest BCUT2D eigenvalue weighted by molar-refractivity contribution is -0.111. The Kier molecular flexibility index (Phi) is 4.69. The molecule has 0 aromatic heterocycles. The van der Waals surface area contributed by atoms with Crippen LogP contribution in [-0.4, -0.2) is 35.4 Å². The molecule has 0 bridgehead atoms. The largest absolute Gasteiger partial charge is 0.482 e. The molecule has 2 amide bonds. The first kappa shape index (κ1) is 20.5. The highest BCUT2D eigenvalue weighted by atomic mass is 19.1. The first-order valence-electron chi connectivity index (χ1n) is 10.9. The molecule has 5 rings (SSSR count). The van der Waals surface area contributed by atoms with Crippen LogP contribution < -0.4 is 5.32 Å². The maximum atomic E-state index is 14.2. The molecular formula is C26H25FN2O3. The molecule has 0 unspecified atom stereocenters. The summed E-state index contributed by atoms with van der Waals surface area (Å²) >= 11 is 0. The van der Waals surface area contributed by atoms with E-state index in [-0.39, 0.29) is 17.6 Å². The minimum absolute atomic E-state index is 0.0597. The van der Waals surface area contributed by atoms with Gasteiger partial charge in [-0.2, -0.15) is 0 Å².